The second-order valence-electron chi connectivity index (χ2n) is 19.5. The molecule has 3 fully saturated rings. The summed E-state index contributed by atoms with van der Waals surface area (Å²) in [4.78, 5) is 67.0. The van der Waals surface area contributed by atoms with Gasteiger partial charge in [-0.05, 0) is 135 Å². The number of carboxylic acid groups (broad SMARTS) is 1. The van der Waals surface area contributed by atoms with E-state index in [4.69, 9.17) is 9.84 Å². The van der Waals surface area contributed by atoms with Crippen molar-refractivity contribution in [1.29, 1.82) is 0 Å². The van der Waals surface area contributed by atoms with Crippen molar-refractivity contribution in [3.8, 4) is 5.75 Å². The Morgan fingerprint density at radius 3 is 2.39 bits per heavy atom. The van der Waals surface area contributed by atoms with Crippen molar-refractivity contribution < 1.29 is 29.0 Å². The number of pyridine rings is 1. The number of rotatable bonds is 13. The van der Waals surface area contributed by atoms with Gasteiger partial charge in [-0.1, -0.05) is 59.9 Å². The number of anilines is 3. The number of aromatic carboxylic acids is 1. The molecule has 4 aliphatic rings. The zero-order valence-electron chi connectivity index (χ0n) is 39.8. The highest BCUT2D eigenvalue weighted by Gasteiger charge is 2.33. The molecule has 0 radical (unpaired) electrons. The number of fused-ring (bicyclic) bond motifs is 3. The lowest BCUT2D eigenvalue weighted by molar-refractivity contribution is -0.134. The van der Waals surface area contributed by atoms with Crippen LogP contribution in [0, 0.1) is 11.8 Å². The first-order valence-electron chi connectivity index (χ1n) is 24.8. The van der Waals surface area contributed by atoms with Crippen LogP contribution >= 0.6 is 11.3 Å². The molecule has 0 spiro atoms. The Hall–Kier alpha value is -7.17. The van der Waals surface area contributed by atoms with Gasteiger partial charge in [0, 0.05) is 62.7 Å². The van der Waals surface area contributed by atoms with Gasteiger partial charge in [0.05, 0.1) is 33.0 Å². The molecule has 0 aliphatic carbocycles. The second kappa shape index (κ2) is 19.9. The number of piperidine rings is 3. The lowest BCUT2D eigenvalue weighted by Gasteiger charge is -2.38. The quantitative estimate of drug-likeness (QED) is 0.0944. The van der Waals surface area contributed by atoms with Gasteiger partial charge in [-0.25, -0.2) is 14.8 Å². The SMILES string of the molecule is Cn1nc(C2CCC(=O)NC2=O)c2cccc(N3CCC(CN4CCC(Cc5ccc(OCc6ccc(N7CCc8cccc(C(=O)Nc9nc%10ccccc%10s9)c8C7)nc6C(=O)O)cc5)CC4)CC3)c21. The molecule has 7 heterocycles. The lowest BCUT2D eigenvalue weighted by atomic mass is 9.89. The van der Waals surface area contributed by atoms with Gasteiger partial charge in [-0.2, -0.15) is 5.10 Å². The van der Waals surface area contributed by atoms with Crippen LogP contribution in [0.4, 0.5) is 16.6 Å². The number of hydrogen-bond acceptors (Lipinski definition) is 12. The highest BCUT2D eigenvalue weighted by Crippen LogP contribution is 2.37. The fraction of sp³-hybridized carbons (Fsp3) is 0.364. The third-order valence-electron chi connectivity index (χ3n) is 15.0. The second-order valence-corrected chi connectivity index (χ2v) is 20.6. The van der Waals surface area contributed by atoms with Gasteiger partial charge < -0.3 is 24.5 Å². The average molecular weight is 972 g/mol. The van der Waals surface area contributed by atoms with E-state index in [1.807, 2.05) is 83.4 Å². The molecule has 3 saturated heterocycles. The molecular weight excluding hydrogens is 915 g/mol. The Labute approximate surface area is 415 Å². The minimum absolute atomic E-state index is 0.0503. The molecule has 71 heavy (non-hydrogen) atoms. The number of hydrogen-bond donors (Lipinski definition) is 3. The Balaban J connectivity index is 0.643. The van der Waals surface area contributed by atoms with Crippen LogP contribution in [0.2, 0.25) is 0 Å². The van der Waals surface area contributed by atoms with Crippen molar-refractivity contribution in [3.63, 3.8) is 0 Å². The lowest BCUT2D eigenvalue weighted by Crippen LogP contribution is -2.42. The van der Waals surface area contributed by atoms with Gasteiger partial charge in [0.15, 0.2) is 10.8 Å². The number of amides is 3. The molecule has 4 aromatic carbocycles. The molecule has 0 saturated carbocycles. The van der Waals surface area contributed by atoms with Crippen LogP contribution in [-0.2, 0) is 42.6 Å². The van der Waals surface area contributed by atoms with Crippen LogP contribution in [0.3, 0.4) is 0 Å². The van der Waals surface area contributed by atoms with Crippen LogP contribution < -0.4 is 25.2 Å². The molecule has 15 nitrogen and oxygen atoms in total. The molecule has 1 atom stereocenters. The van der Waals surface area contributed by atoms with E-state index >= 15 is 0 Å². The van der Waals surface area contributed by atoms with Crippen LogP contribution in [0.15, 0.2) is 97.1 Å². The predicted octanol–water partition coefficient (Wildman–Crippen LogP) is 8.36. The Bertz CT molecular complexity index is 3120. The molecule has 1 unspecified atom stereocenters. The van der Waals surface area contributed by atoms with E-state index < -0.39 is 11.9 Å². The molecule has 11 rings (SSSR count). The number of carbonyl (C=O) groups is 4. The number of para-hydroxylation sites is 2. The van der Waals surface area contributed by atoms with E-state index in [-0.39, 0.29) is 30.0 Å². The first kappa shape index (κ1) is 46.2. The van der Waals surface area contributed by atoms with E-state index in [2.05, 4.69) is 54.7 Å². The summed E-state index contributed by atoms with van der Waals surface area (Å²) in [5.74, 6) is 0.252. The van der Waals surface area contributed by atoms with Crippen molar-refractivity contribution in [2.75, 3.05) is 54.4 Å². The average Bonchev–Trinajstić information content (AvgIpc) is 3.96. The summed E-state index contributed by atoms with van der Waals surface area (Å²) in [7, 11) is 1.95. The number of thiazole rings is 1. The van der Waals surface area contributed by atoms with E-state index in [0.29, 0.717) is 72.0 Å². The topological polar surface area (TPSA) is 175 Å². The first-order chi connectivity index (χ1) is 34.6. The third-order valence-corrected chi connectivity index (χ3v) is 15.9. The number of ether oxygens (including phenoxy) is 1. The summed E-state index contributed by atoms with van der Waals surface area (Å²) in [5, 5.41) is 22.1. The number of aromatic nitrogens is 4. The molecular formula is C55H57N9O6S. The predicted molar refractivity (Wildman–Crippen MR) is 274 cm³/mol. The number of likely N-dealkylation sites (tertiary alicyclic amines) is 1. The fourth-order valence-corrected chi connectivity index (χ4v) is 12.0. The monoisotopic (exact) mass is 971 g/mol. The van der Waals surface area contributed by atoms with Crippen molar-refractivity contribution in [2.24, 2.45) is 18.9 Å². The molecule has 3 aromatic heterocycles. The molecule has 7 aromatic rings. The maximum atomic E-state index is 13.6. The van der Waals surface area contributed by atoms with Crippen molar-refractivity contribution in [3.05, 3.63) is 136 Å². The number of nitrogens with zero attached hydrogens (tertiary/aromatic N) is 7. The van der Waals surface area contributed by atoms with Gasteiger partial charge in [0.1, 0.15) is 18.2 Å². The van der Waals surface area contributed by atoms with Crippen LogP contribution in [-0.4, -0.2) is 92.7 Å². The van der Waals surface area contributed by atoms with Gasteiger partial charge >= 0.3 is 5.97 Å². The van der Waals surface area contributed by atoms with E-state index in [1.54, 1.807) is 6.07 Å². The summed E-state index contributed by atoms with van der Waals surface area (Å²) in [5.41, 5.74) is 8.05. The van der Waals surface area contributed by atoms with Gasteiger partial charge in [0.2, 0.25) is 11.8 Å². The first-order valence-corrected chi connectivity index (χ1v) is 25.7. The van der Waals surface area contributed by atoms with Gasteiger partial charge in [-0.15, -0.1) is 0 Å². The summed E-state index contributed by atoms with van der Waals surface area (Å²) in [6.07, 6.45) is 7.13. The molecule has 3 amide bonds. The van der Waals surface area contributed by atoms with Gasteiger partial charge in [0.25, 0.3) is 5.91 Å². The van der Waals surface area contributed by atoms with Crippen LogP contribution in [0.1, 0.15) is 93.2 Å². The minimum Gasteiger partial charge on any atom is -0.489 e. The molecule has 0 bridgehead atoms. The Morgan fingerprint density at radius 1 is 0.817 bits per heavy atom. The molecule has 4 aliphatic heterocycles. The fourth-order valence-electron chi connectivity index (χ4n) is 11.2. The van der Waals surface area contributed by atoms with Gasteiger partial charge in [-0.3, -0.25) is 29.7 Å². The van der Waals surface area contributed by atoms with E-state index in [9.17, 15) is 24.3 Å². The van der Waals surface area contributed by atoms with Crippen molar-refractivity contribution >= 4 is 72.8 Å². The number of nitrogens with one attached hydrogen (secondary N) is 2. The number of imide groups is 1. The summed E-state index contributed by atoms with van der Waals surface area (Å²) in [6, 6.07) is 31.6. The highest BCUT2D eigenvalue weighted by molar-refractivity contribution is 7.22. The number of aryl methyl sites for hydroxylation is 1. The normalized spacial score (nSPS) is 18.2. The smallest absolute Gasteiger partial charge is 0.354 e. The maximum absolute atomic E-state index is 13.6. The standard InChI is InChI=1S/C55H57N9O6S/c1-61-51-41(50(60-61)42-17-19-48(65)58-53(42)67)8-5-10-45(51)63-27-22-36(23-28-63)31-62-25-20-35(21-26-62)30-34-12-15-39(16-13-34)70-33-38-14-18-47(57-49(38)54(68)69)64-29-24-37-6-4-7-40(43(37)32-64)52(66)59-55-56-44-9-2-3-11-46(44)71-55/h2-16,18,35-36,42H,17,19-33H2,1H3,(H,68,69)(H,56,59,66)(H,58,65,67). The largest absolute Gasteiger partial charge is 0.489 e. The van der Waals surface area contributed by atoms with Crippen molar-refractivity contribution in [1.82, 2.24) is 30.0 Å². The minimum atomic E-state index is -1.12. The summed E-state index contributed by atoms with van der Waals surface area (Å²) in [6.45, 7) is 6.43. The number of carboxylic acids is 1. The molecule has 364 valence electrons. The third kappa shape index (κ3) is 9.82. The number of benzene rings is 4. The van der Waals surface area contributed by atoms with Crippen LogP contribution in [0.5, 0.6) is 5.75 Å². The number of carbonyl (C=O) groups excluding carboxylic acids is 3. The highest BCUT2D eigenvalue weighted by atomic mass is 32.1. The van der Waals surface area contributed by atoms with Crippen LogP contribution in [0.25, 0.3) is 21.1 Å². The van der Waals surface area contributed by atoms with E-state index in [1.165, 1.54) is 29.7 Å². The molecule has 16 heteroatoms. The van der Waals surface area contributed by atoms with E-state index in [0.717, 1.165) is 95.6 Å². The zero-order valence-corrected chi connectivity index (χ0v) is 40.6. The summed E-state index contributed by atoms with van der Waals surface area (Å²) < 4.78 is 9.05. The Kier molecular flexibility index (Phi) is 13.0. The summed E-state index contributed by atoms with van der Waals surface area (Å²) >= 11 is 1.43. The maximum Gasteiger partial charge on any atom is 0.354 e. The Morgan fingerprint density at radius 2 is 1.61 bits per heavy atom. The zero-order chi connectivity index (χ0) is 48.6. The molecule has 3 N–H and O–H groups in total. The van der Waals surface area contributed by atoms with Crippen molar-refractivity contribution in [2.45, 2.75) is 70.4 Å².